The van der Waals surface area contributed by atoms with E-state index in [9.17, 15) is 4.21 Å². The number of nitrogens with one attached hydrogen (secondary N) is 2. The number of aliphatic imine (C=N–C) groups is 1. The average Bonchev–Trinajstić information content (AvgIpc) is 2.76. The van der Waals surface area contributed by atoms with Gasteiger partial charge in [-0.25, -0.2) is 0 Å². The summed E-state index contributed by atoms with van der Waals surface area (Å²) in [5.74, 6) is 2.35. The van der Waals surface area contributed by atoms with E-state index in [1.807, 2.05) is 6.92 Å². The number of hydrogen-bond acceptors (Lipinski definition) is 4. The van der Waals surface area contributed by atoms with Gasteiger partial charge in [0.05, 0.1) is 19.8 Å². The fourth-order valence-electron chi connectivity index (χ4n) is 4.75. The smallest absolute Gasteiger partial charge is 0.191 e. The van der Waals surface area contributed by atoms with Crippen LogP contribution >= 0.6 is 0 Å². The minimum Gasteiger partial charge on any atom is -0.379 e. The molecule has 1 saturated carbocycles. The molecule has 0 aromatic carbocycles. The Balaban J connectivity index is 2.03. The van der Waals surface area contributed by atoms with E-state index in [2.05, 4.69) is 36.3 Å². The Bertz CT molecular complexity index is 507. The van der Waals surface area contributed by atoms with Gasteiger partial charge in [-0.05, 0) is 32.1 Å². The van der Waals surface area contributed by atoms with E-state index in [0.29, 0.717) is 23.3 Å². The molecule has 0 aromatic heterocycles. The summed E-state index contributed by atoms with van der Waals surface area (Å²) in [5, 5.41) is 7.43. The molecule has 2 fully saturated rings. The van der Waals surface area contributed by atoms with Crippen molar-refractivity contribution in [2.75, 3.05) is 45.1 Å². The molecule has 1 heterocycles. The van der Waals surface area contributed by atoms with Crippen LogP contribution in [0.1, 0.15) is 66.2 Å². The summed E-state index contributed by atoms with van der Waals surface area (Å²) in [4.78, 5) is 7.60. The summed E-state index contributed by atoms with van der Waals surface area (Å²) < 4.78 is 17.8. The van der Waals surface area contributed by atoms with Crippen molar-refractivity contribution in [1.82, 2.24) is 15.5 Å². The van der Waals surface area contributed by atoms with Crippen LogP contribution in [0, 0.1) is 5.92 Å². The van der Waals surface area contributed by atoms with Gasteiger partial charge >= 0.3 is 0 Å². The summed E-state index contributed by atoms with van der Waals surface area (Å²) in [6.45, 7) is 14.1. The van der Waals surface area contributed by atoms with Crippen LogP contribution in [0.5, 0.6) is 0 Å². The number of guanidine groups is 1. The molecule has 1 saturated heterocycles. The van der Waals surface area contributed by atoms with E-state index < -0.39 is 10.8 Å². The largest absolute Gasteiger partial charge is 0.379 e. The zero-order valence-corrected chi connectivity index (χ0v) is 19.9. The van der Waals surface area contributed by atoms with Crippen LogP contribution in [0.3, 0.4) is 0 Å². The number of ether oxygens (including phenoxy) is 1. The van der Waals surface area contributed by atoms with Crippen molar-refractivity contribution < 1.29 is 8.95 Å². The van der Waals surface area contributed by atoms with Crippen molar-refractivity contribution in [3.05, 3.63) is 0 Å². The number of morpholine rings is 1. The molecule has 0 radical (unpaired) electrons. The lowest BCUT2D eigenvalue weighted by atomic mass is 9.92. The fourth-order valence-corrected chi connectivity index (χ4v) is 6.10. The highest BCUT2D eigenvalue weighted by Gasteiger charge is 2.28. The van der Waals surface area contributed by atoms with E-state index in [-0.39, 0.29) is 0 Å². The van der Waals surface area contributed by atoms with Gasteiger partial charge in [0.1, 0.15) is 0 Å². The maximum absolute atomic E-state index is 12.3. The third-order valence-electron chi connectivity index (χ3n) is 6.51. The molecule has 7 heteroatoms. The third-order valence-corrected chi connectivity index (χ3v) is 8.25. The molecule has 1 aliphatic carbocycles. The molecule has 170 valence electrons. The lowest BCUT2D eigenvalue weighted by Crippen LogP contribution is -2.50. The van der Waals surface area contributed by atoms with Crippen LogP contribution in [0.25, 0.3) is 0 Å². The van der Waals surface area contributed by atoms with Crippen LogP contribution in [0.2, 0.25) is 0 Å². The highest BCUT2D eigenvalue weighted by molar-refractivity contribution is 7.85. The summed E-state index contributed by atoms with van der Waals surface area (Å²) in [5.41, 5.74) is 0. The SMILES string of the molecule is CCNC(=NCC(C(CC)CC)N1CCOCC1)NC1CCCC(S(=O)CC)C1. The van der Waals surface area contributed by atoms with Crippen LogP contribution < -0.4 is 10.6 Å². The second-order valence-corrected chi connectivity index (χ2v) is 10.3. The molecule has 2 aliphatic rings. The van der Waals surface area contributed by atoms with Gasteiger partial charge in [-0.3, -0.25) is 14.1 Å². The Hall–Kier alpha value is -0.660. The van der Waals surface area contributed by atoms with Crippen LogP contribution in [0.4, 0.5) is 0 Å². The van der Waals surface area contributed by atoms with Crippen LogP contribution in [0.15, 0.2) is 4.99 Å². The molecule has 1 aliphatic heterocycles. The van der Waals surface area contributed by atoms with Crippen molar-refractivity contribution in [2.24, 2.45) is 10.9 Å². The monoisotopic (exact) mass is 428 g/mol. The van der Waals surface area contributed by atoms with Gasteiger partial charge < -0.3 is 15.4 Å². The molecule has 0 amide bonds. The first kappa shape index (κ1) is 24.6. The fraction of sp³-hybridized carbons (Fsp3) is 0.955. The molecule has 6 nitrogen and oxygen atoms in total. The Morgan fingerprint density at radius 1 is 1.17 bits per heavy atom. The average molecular weight is 429 g/mol. The van der Waals surface area contributed by atoms with Gasteiger partial charge in [0.15, 0.2) is 5.96 Å². The van der Waals surface area contributed by atoms with Crippen molar-refractivity contribution in [3.63, 3.8) is 0 Å². The molecule has 0 aromatic rings. The van der Waals surface area contributed by atoms with Gasteiger partial charge in [-0.1, -0.05) is 40.0 Å². The van der Waals surface area contributed by atoms with Crippen LogP contribution in [-0.4, -0.2) is 77.5 Å². The van der Waals surface area contributed by atoms with Gasteiger partial charge in [-0.2, -0.15) is 0 Å². The number of nitrogens with zero attached hydrogens (tertiary/aromatic N) is 2. The second-order valence-electron chi connectivity index (χ2n) is 8.31. The number of rotatable bonds is 10. The normalized spacial score (nSPS) is 26.3. The van der Waals surface area contributed by atoms with E-state index >= 15 is 0 Å². The predicted molar refractivity (Wildman–Crippen MR) is 124 cm³/mol. The van der Waals surface area contributed by atoms with Gasteiger partial charge in [0, 0.05) is 53.5 Å². The lowest BCUT2D eigenvalue weighted by molar-refractivity contribution is 0.00395. The molecule has 0 bridgehead atoms. The maximum atomic E-state index is 12.3. The summed E-state index contributed by atoms with van der Waals surface area (Å²) >= 11 is 0. The predicted octanol–water partition coefficient (Wildman–Crippen LogP) is 2.76. The van der Waals surface area contributed by atoms with E-state index in [1.54, 1.807) is 0 Å². The van der Waals surface area contributed by atoms with Gasteiger partial charge in [-0.15, -0.1) is 0 Å². The Morgan fingerprint density at radius 3 is 2.52 bits per heavy atom. The Labute approximate surface area is 181 Å². The highest BCUT2D eigenvalue weighted by Crippen LogP contribution is 2.23. The lowest BCUT2D eigenvalue weighted by Gasteiger charge is -2.38. The van der Waals surface area contributed by atoms with E-state index in [1.165, 1.54) is 12.8 Å². The summed E-state index contributed by atoms with van der Waals surface area (Å²) in [6, 6.07) is 0.841. The maximum Gasteiger partial charge on any atom is 0.191 e. The minimum absolute atomic E-state index is 0.333. The molecule has 2 rings (SSSR count). The van der Waals surface area contributed by atoms with Gasteiger partial charge in [0.25, 0.3) is 0 Å². The Morgan fingerprint density at radius 2 is 1.90 bits per heavy atom. The molecular weight excluding hydrogens is 384 g/mol. The minimum atomic E-state index is -0.695. The molecular formula is C22H44N4O2S. The molecule has 0 spiro atoms. The molecule has 2 N–H and O–H groups in total. The zero-order valence-electron chi connectivity index (χ0n) is 19.1. The second kappa shape index (κ2) is 13.6. The third kappa shape index (κ3) is 7.83. The highest BCUT2D eigenvalue weighted by atomic mass is 32.2. The zero-order chi connectivity index (χ0) is 21.1. The first-order valence-corrected chi connectivity index (χ1v) is 13.2. The molecule has 4 atom stereocenters. The van der Waals surface area contributed by atoms with Crippen LogP contribution in [-0.2, 0) is 15.5 Å². The first-order chi connectivity index (χ1) is 14.1. The standard InChI is InChI=1S/C22H44N4O2S/c1-5-18(6-2)21(26-12-14-28-15-13-26)17-24-22(23-7-3)25-19-10-9-11-20(16-19)29(27)8-4/h18-21H,5-17H2,1-4H3,(H2,23,24,25). The summed E-state index contributed by atoms with van der Waals surface area (Å²) in [7, 11) is -0.695. The van der Waals surface area contributed by atoms with Crippen molar-refractivity contribution in [2.45, 2.75) is 83.6 Å². The van der Waals surface area contributed by atoms with Crippen molar-refractivity contribution >= 4 is 16.8 Å². The topological polar surface area (TPSA) is 66.0 Å². The van der Waals surface area contributed by atoms with Crippen molar-refractivity contribution in [1.29, 1.82) is 0 Å². The first-order valence-electron chi connectivity index (χ1n) is 11.9. The number of hydrogen-bond donors (Lipinski definition) is 2. The summed E-state index contributed by atoms with van der Waals surface area (Å²) in [6.07, 6.45) is 6.75. The van der Waals surface area contributed by atoms with Gasteiger partial charge in [0.2, 0.25) is 0 Å². The quantitative estimate of drug-likeness (QED) is 0.414. The Kier molecular flexibility index (Phi) is 11.5. The van der Waals surface area contributed by atoms with E-state index in [4.69, 9.17) is 9.73 Å². The molecule has 4 unspecified atom stereocenters. The molecule has 29 heavy (non-hydrogen) atoms. The van der Waals surface area contributed by atoms with Crippen molar-refractivity contribution in [3.8, 4) is 0 Å². The van der Waals surface area contributed by atoms with E-state index in [0.717, 1.165) is 76.8 Å².